The van der Waals surface area contributed by atoms with Gasteiger partial charge in [0, 0.05) is 55.3 Å². The van der Waals surface area contributed by atoms with E-state index in [2.05, 4.69) is 227 Å². The molecule has 6 aromatic carbocycles. The average Bonchev–Trinajstić information content (AvgIpc) is 3.77. The minimum absolute atomic E-state index is 0. The Morgan fingerprint density at radius 3 is 1.89 bits per heavy atom. The van der Waals surface area contributed by atoms with E-state index in [0.29, 0.717) is 0 Å². The van der Waals surface area contributed by atoms with Gasteiger partial charge in [-0.05, 0) is 69.8 Å². The number of para-hydroxylation sites is 4. The second-order valence-electron chi connectivity index (χ2n) is 17.1. The van der Waals surface area contributed by atoms with Crippen molar-refractivity contribution in [3.8, 4) is 5.82 Å². The van der Waals surface area contributed by atoms with Crippen molar-refractivity contribution in [3.63, 3.8) is 0 Å². The molecule has 0 amide bonds. The normalized spacial score (nSPS) is 13.2. The number of hydrogen-bond acceptors (Lipinski definition) is 3. The summed E-state index contributed by atoms with van der Waals surface area (Å²) >= 11 is 0. The van der Waals surface area contributed by atoms with E-state index in [0.717, 1.165) is 56.1 Å². The molecule has 0 spiro atoms. The van der Waals surface area contributed by atoms with Gasteiger partial charge in [-0.3, -0.25) is 0 Å². The van der Waals surface area contributed by atoms with Gasteiger partial charge in [0.1, 0.15) is 5.82 Å². The summed E-state index contributed by atoms with van der Waals surface area (Å²) in [7, 11) is 0. The molecule has 3 heterocycles. The molecule has 0 unspecified atom stereocenters. The summed E-state index contributed by atoms with van der Waals surface area (Å²) in [4.78, 5) is 9.56. The van der Waals surface area contributed by atoms with Crippen LogP contribution in [0.3, 0.4) is 0 Å². The van der Waals surface area contributed by atoms with Gasteiger partial charge in [0.15, 0.2) is 0 Å². The number of aromatic nitrogens is 2. The van der Waals surface area contributed by atoms with Gasteiger partial charge in [-0.15, -0.1) is 23.8 Å². The molecule has 0 fully saturated rings. The molecule has 0 saturated heterocycles. The second-order valence-corrected chi connectivity index (χ2v) is 17.1. The topological polar surface area (TPSA) is 24.3 Å². The monoisotopic (exact) mass is 922 g/mol. The predicted octanol–water partition coefficient (Wildman–Crippen LogP) is 13.1. The van der Waals surface area contributed by atoms with Crippen LogP contribution in [0.5, 0.6) is 0 Å². The zero-order chi connectivity index (χ0) is 38.8. The van der Waals surface area contributed by atoms with E-state index in [1.807, 2.05) is 6.20 Å². The van der Waals surface area contributed by atoms with E-state index in [1.165, 1.54) is 22.1 Å². The Bertz CT molecular complexity index is 2720. The van der Waals surface area contributed by atoms with Crippen molar-refractivity contribution in [1.82, 2.24) is 9.55 Å². The first kappa shape index (κ1) is 38.4. The summed E-state index contributed by atoms with van der Waals surface area (Å²) in [5.41, 5.74) is 11.8. The molecule has 0 radical (unpaired) electrons. The van der Waals surface area contributed by atoms with E-state index in [4.69, 9.17) is 4.98 Å². The third-order valence-corrected chi connectivity index (χ3v) is 11.8. The number of nitrogens with zero attached hydrogens (tertiary/aromatic N) is 4. The molecule has 5 heteroatoms. The SMILES string of the molecule is CC(C)(C)c1cc(N2[CH-]N(c3ccccc3)c3ccccc32)[c-]c(C(C)(C)c2[c-]c3c(cc2)c2ccccc2n3-c2cc(C(C)(C)c3ccccc3)ccn2)c1.[Pt]. The van der Waals surface area contributed by atoms with Gasteiger partial charge >= 0.3 is 0 Å². The summed E-state index contributed by atoms with van der Waals surface area (Å²) in [5.74, 6) is 0.888. The molecule has 1 aliphatic heterocycles. The Kier molecular flexibility index (Phi) is 9.77. The van der Waals surface area contributed by atoms with Crippen molar-refractivity contribution in [2.45, 2.75) is 64.7 Å². The van der Waals surface area contributed by atoms with Crippen molar-refractivity contribution < 1.29 is 21.1 Å². The van der Waals surface area contributed by atoms with Crippen LogP contribution in [-0.4, -0.2) is 9.55 Å². The van der Waals surface area contributed by atoms with Crippen molar-refractivity contribution in [2.24, 2.45) is 0 Å². The Morgan fingerprint density at radius 2 is 1.18 bits per heavy atom. The fourth-order valence-corrected chi connectivity index (χ4v) is 8.14. The van der Waals surface area contributed by atoms with Crippen molar-refractivity contribution >= 4 is 44.6 Å². The van der Waals surface area contributed by atoms with Gasteiger partial charge in [0.2, 0.25) is 0 Å². The maximum absolute atomic E-state index is 5.00. The minimum atomic E-state index is -0.436. The number of anilines is 4. The maximum atomic E-state index is 5.00. The third-order valence-electron chi connectivity index (χ3n) is 11.8. The van der Waals surface area contributed by atoms with Crippen molar-refractivity contribution in [1.29, 1.82) is 0 Å². The summed E-state index contributed by atoms with van der Waals surface area (Å²) in [5, 5.41) is 2.35. The molecule has 1 aliphatic rings. The summed E-state index contributed by atoms with van der Waals surface area (Å²) < 4.78 is 2.30. The Hall–Kier alpha value is -5.44. The molecule has 0 aliphatic carbocycles. The molecule has 0 N–H and O–H groups in total. The van der Waals surface area contributed by atoms with Crippen LogP contribution in [0.2, 0.25) is 0 Å². The molecule has 8 aromatic rings. The van der Waals surface area contributed by atoms with Gasteiger partial charge in [-0.1, -0.05) is 133 Å². The molecule has 2 aromatic heterocycles. The molecule has 0 bridgehead atoms. The number of rotatable bonds is 7. The number of pyridine rings is 1. The van der Waals surface area contributed by atoms with E-state index in [-0.39, 0.29) is 31.9 Å². The first-order valence-corrected chi connectivity index (χ1v) is 19.6. The van der Waals surface area contributed by atoms with Crippen LogP contribution in [-0.2, 0) is 37.3 Å². The van der Waals surface area contributed by atoms with Crippen LogP contribution >= 0.6 is 0 Å². The fraction of sp³-hybridized carbons (Fsp3) is 0.192. The second kappa shape index (κ2) is 14.5. The first-order valence-electron chi connectivity index (χ1n) is 19.6. The van der Waals surface area contributed by atoms with E-state index < -0.39 is 5.41 Å². The van der Waals surface area contributed by atoms with Crippen LogP contribution in [0, 0.1) is 18.8 Å². The quantitative estimate of drug-likeness (QED) is 0.149. The zero-order valence-corrected chi connectivity index (χ0v) is 35.9. The summed E-state index contributed by atoms with van der Waals surface area (Å²) in [6.07, 6.45) is 1.95. The van der Waals surface area contributed by atoms with Gasteiger partial charge < -0.3 is 14.4 Å². The maximum Gasteiger partial charge on any atom is 0.135 e. The van der Waals surface area contributed by atoms with Crippen molar-refractivity contribution in [2.75, 3.05) is 9.80 Å². The smallest absolute Gasteiger partial charge is 0.135 e. The van der Waals surface area contributed by atoms with Gasteiger partial charge in [0.25, 0.3) is 0 Å². The molecular weight excluding hydrogens is 876 g/mol. The largest absolute Gasteiger partial charge is 0.493 e. The van der Waals surface area contributed by atoms with E-state index in [1.54, 1.807) is 0 Å². The average molecular weight is 923 g/mol. The Morgan fingerprint density at radius 1 is 0.526 bits per heavy atom. The van der Waals surface area contributed by atoms with E-state index >= 15 is 0 Å². The van der Waals surface area contributed by atoms with Gasteiger partial charge in [-0.2, -0.15) is 47.0 Å². The van der Waals surface area contributed by atoms with Crippen LogP contribution in [0.4, 0.5) is 22.7 Å². The molecule has 4 nitrogen and oxygen atoms in total. The number of hydrogen-bond donors (Lipinski definition) is 0. The number of fused-ring (bicyclic) bond motifs is 4. The van der Waals surface area contributed by atoms with Crippen LogP contribution in [0.15, 0.2) is 152 Å². The Labute approximate surface area is 352 Å². The molecule has 57 heavy (non-hydrogen) atoms. The van der Waals surface area contributed by atoms with Crippen LogP contribution in [0.1, 0.15) is 76.3 Å². The summed E-state index contributed by atoms with van der Waals surface area (Å²) in [6, 6.07) is 60.0. The third kappa shape index (κ3) is 6.68. The number of benzene rings is 6. The van der Waals surface area contributed by atoms with Gasteiger partial charge in [0.05, 0.1) is 0 Å². The Balaban J connectivity index is 0.00000455. The van der Waals surface area contributed by atoms with Crippen molar-refractivity contribution in [3.05, 3.63) is 198 Å². The first-order chi connectivity index (χ1) is 26.9. The van der Waals surface area contributed by atoms with E-state index in [9.17, 15) is 0 Å². The fourth-order valence-electron chi connectivity index (χ4n) is 8.14. The standard InChI is InChI=1S/C52H47N4.Pt/c1-50(2,3)39-30-40(32-42(31-39)55-35-54(41-20-12-9-13-21-41)46-24-16-17-25-47(46)55)52(6,7)37-26-27-44-43-22-14-15-23-45(43)56(48(44)33-37)49-34-38(28-29-53-49)51(4,5)36-18-10-8-11-19-36;/h8-31,34-35H,1-7H3;/q-3;. The minimum Gasteiger partial charge on any atom is -0.493 e. The molecule has 288 valence electrons. The molecule has 9 rings (SSSR count). The van der Waals surface area contributed by atoms with Crippen LogP contribution < -0.4 is 9.80 Å². The predicted molar refractivity (Wildman–Crippen MR) is 234 cm³/mol. The molecular formula is C52H47N4Pt-3. The summed E-state index contributed by atoms with van der Waals surface area (Å²) in [6.45, 7) is 18.2. The zero-order valence-electron chi connectivity index (χ0n) is 33.6. The van der Waals surface area contributed by atoms with Gasteiger partial charge in [-0.25, -0.2) is 4.98 Å². The molecule has 0 saturated carbocycles. The van der Waals surface area contributed by atoms with Crippen LogP contribution in [0.25, 0.3) is 27.6 Å². The molecule has 0 atom stereocenters.